The SMILES string of the molecule is CO[C@]1(N)C(=O)N2C(C(=O)OC(c3ccccc3)c3ccccc3)=C(CSc3nnnn3C)COC21. The second kappa shape index (κ2) is 9.82. The van der Waals surface area contributed by atoms with Crippen molar-refractivity contribution in [3.05, 3.63) is 83.1 Å². The summed E-state index contributed by atoms with van der Waals surface area (Å²) in [4.78, 5) is 28.0. The molecule has 2 aromatic carbocycles. The molecular weight excluding hydrogens is 484 g/mol. The first-order valence-electron chi connectivity index (χ1n) is 11.1. The molecule has 1 fully saturated rings. The predicted octanol–water partition coefficient (Wildman–Crippen LogP) is 1.39. The molecule has 186 valence electrons. The number of carbonyl (C=O) groups is 2. The average molecular weight is 509 g/mol. The monoisotopic (exact) mass is 508 g/mol. The van der Waals surface area contributed by atoms with Crippen LogP contribution in [-0.2, 0) is 30.8 Å². The molecule has 2 atom stereocenters. The van der Waals surface area contributed by atoms with E-state index in [9.17, 15) is 9.59 Å². The largest absolute Gasteiger partial charge is 0.448 e. The third-order valence-corrected chi connectivity index (χ3v) is 7.16. The van der Waals surface area contributed by atoms with Gasteiger partial charge in [0.2, 0.25) is 10.9 Å². The molecule has 11 nitrogen and oxygen atoms in total. The van der Waals surface area contributed by atoms with Crippen LogP contribution in [0.15, 0.2) is 77.1 Å². The lowest BCUT2D eigenvalue weighted by Gasteiger charge is -2.54. The van der Waals surface area contributed by atoms with Gasteiger partial charge in [-0.25, -0.2) is 9.48 Å². The number of aryl methyl sites for hydroxylation is 1. The Morgan fingerprint density at radius 1 is 1.19 bits per heavy atom. The van der Waals surface area contributed by atoms with Crippen molar-refractivity contribution in [3.8, 4) is 0 Å². The number of ether oxygens (including phenoxy) is 3. The van der Waals surface area contributed by atoms with E-state index >= 15 is 0 Å². The van der Waals surface area contributed by atoms with Crippen LogP contribution in [0.4, 0.5) is 0 Å². The number of hydrogen-bond acceptors (Lipinski definition) is 10. The Morgan fingerprint density at radius 3 is 2.39 bits per heavy atom. The number of benzene rings is 2. The molecule has 0 bridgehead atoms. The Morgan fingerprint density at radius 2 is 1.83 bits per heavy atom. The van der Waals surface area contributed by atoms with E-state index in [0.29, 0.717) is 16.5 Å². The highest BCUT2D eigenvalue weighted by Crippen LogP contribution is 2.41. The summed E-state index contributed by atoms with van der Waals surface area (Å²) >= 11 is 1.31. The van der Waals surface area contributed by atoms with E-state index in [0.717, 1.165) is 11.1 Å². The molecule has 2 aliphatic heterocycles. The molecule has 5 rings (SSSR count). The zero-order valence-corrected chi connectivity index (χ0v) is 20.4. The Balaban J connectivity index is 1.50. The molecule has 1 unspecified atom stereocenters. The molecule has 1 aromatic heterocycles. The number of nitrogens with zero attached hydrogens (tertiary/aromatic N) is 5. The number of esters is 1. The van der Waals surface area contributed by atoms with Crippen LogP contribution in [0.5, 0.6) is 0 Å². The second-order valence-electron chi connectivity index (χ2n) is 8.27. The van der Waals surface area contributed by atoms with E-state index in [2.05, 4.69) is 15.5 Å². The van der Waals surface area contributed by atoms with E-state index in [1.807, 2.05) is 60.7 Å². The number of nitrogens with two attached hydrogens (primary N) is 1. The number of β-lactam (4-membered cyclic amide) rings is 1. The average Bonchev–Trinajstić information content (AvgIpc) is 3.34. The fraction of sp³-hybridized carbons (Fsp3) is 0.292. The van der Waals surface area contributed by atoms with Crippen LogP contribution in [-0.4, -0.2) is 68.4 Å². The molecule has 0 spiro atoms. The molecule has 0 saturated carbocycles. The van der Waals surface area contributed by atoms with Crippen LogP contribution in [0.3, 0.4) is 0 Å². The van der Waals surface area contributed by atoms with E-state index in [-0.39, 0.29) is 12.3 Å². The highest BCUT2D eigenvalue weighted by Gasteiger charge is 2.64. The summed E-state index contributed by atoms with van der Waals surface area (Å²) in [6.45, 7) is 0.0564. The molecule has 36 heavy (non-hydrogen) atoms. The maximum absolute atomic E-state index is 13.8. The summed E-state index contributed by atoms with van der Waals surface area (Å²) in [7, 11) is 3.04. The van der Waals surface area contributed by atoms with Crippen molar-refractivity contribution >= 4 is 23.6 Å². The molecule has 2 N–H and O–H groups in total. The Kier molecular flexibility index (Phi) is 6.58. The zero-order chi connectivity index (χ0) is 25.3. The van der Waals surface area contributed by atoms with Crippen LogP contribution in [0.1, 0.15) is 17.2 Å². The molecule has 0 aliphatic carbocycles. The van der Waals surface area contributed by atoms with Gasteiger partial charge in [-0.2, -0.15) is 0 Å². The first-order chi connectivity index (χ1) is 17.4. The maximum Gasteiger partial charge on any atom is 0.356 e. The van der Waals surface area contributed by atoms with Crippen LogP contribution in [0.25, 0.3) is 0 Å². The molecule has 1 amide bonds. The Bertz CT molecular complexity index is 1260. The van der Waals surface area contributed by atoms with Gasteiger partial charge in [0.1, 0.15) is 5.70 Å². The topological polar surface area (TPSA) is 135 Å². The number of thioether (sulfide) groups is 1. The molecule has 1 saturated heterocycles. The summed E-state index contributed by atoms with van der Waals surface area (Å²) < 4.78 is 18.7. The first kappa shape index (κ1) is 24.1. The van der Waals surface area contributed by atoms with E-state index in [1.165, 1.54) is 28.5 Å². The third-order valence-electron chi connectivity index (χ3n) is 6.06. The standard InChI is InChI=1S/C24H24N6O5S/c1-29-23(26-27-28-29)36-14-17-13-34-22-24(25,33-2)21(32)30(22)18(17)20(31)35-19(15-9-5-3-6-10-15)16-11-7-4-8-12-16/h3-12,19,22H,13-14,25H2,1-2H3/t22?,24-/m1/s1. The van der Waals surface area contributed by atoms with Gasteiger partial charge >= 0.3 is 5.97 Å². The molecule has 3 aromatic rings. The molecular formula is C24H24N6O5S. The minimum absolute atomic E-state index is 0.0564. The number of rotatable bonds is 8. The summed E-state index contributed by atoms with van der Waals surface area (Å²) in [5.41, 5.74) is 6.67. The highest BCUT2D eigenvalue weighted by atomic mass is 32.2. The molecule has 0 radical (unpaired) electrons. The van der Waals surface area contributed by atoms with Crippen molar-refractivity contribution < 1.29 is 23.8 Å². The van der Waals surface area contributed by atoms with Crippen LogP contribution in [0.2, 0.25) is 0 Å². The smallest absolute Gasteiger partial charge is 0.356 e. The summed E-state index contributed by atoms with van der Waals surface area (Å²) in [5, 5.41) is 12.0. The lowest BCUT2D eigenvalue weighted by Crippen LogP contribution is -2.80. The number of fused-ring (bicyclic) bond motifs is 1. The van der Waals surface area contributed by atoms with Crippen molar-refractivity contribution in [2.45, 2.75) is 23.2 Å². The number of hydrogen-bond donors (Lipinski definition) is 1. The minimum atomic E-state index is -1.67. The lowest BCUT2D eigenvalue weighted by molar-refractivity contribution is -0.248. The Hall–Kier alpha value is -3.58. The van der Waals surface area contributed by atoms with Crippen molar-refractivity contribution in [1.29, 1.82) is 0 Å². The fourth-order valence-corrected chi connectivity index (χ4v) is 4.99. The van der Waals surface area contributed by atoms with Crippen molar-refractivity contribution in [2.75, 3.05) is 19.5 Å². The van der Waals surface area contributed by atoms with Gasteiger partial charge in [-0.15, -0.1) is 5.10 Å². The van der Waals surface area contributed by atoms with Gasteiger partial charge in [-0.1, -0.05) is 72.4 Å². The first-order valence-corrected chi connectivity index (χ1v) is 12.1. The van der Waals surface area contributed by atoms with Gasteiger partial charge in [0, 0.05) is 19.9 Å². The van der Waals surface area contributed by atoms with Gasteiger partial charge in [-0.05, 0) is 27.1 Å². The normalized spacial score (nSPS) is 21.4. The van der Waals surface area contributed by atoms with Crippen molar-refractivity contribution in [1.82, 2.24) is 25.1 Å². The van der Waals surface area contributed by atoms with Gasteiger partial charge in [-0.3, -0.25) is 15.4 Å². The predicted molar refractivity (Wildman–Crippen MR) is 128 cm³/mol. The number of carbonyl (C=O) groups excluding carboxylic acids is 2. The van der Waals surface area contributed by atoms with E-state index < -0.39 is 29.9 Å². The van der Waals surface area contributed by atoms with Crippen LogP contribution >= 0.6 is 11.8 Å². The lowest BCUT2D eigenvalue weighted by atomic mass is 9.95. The number of aromatic nitrogens is 4. The highest BCUT2D eigenvalue weighted by molar-refractivity contribution is 7.99. The van der Waals surface area contributed by atoms with Gasteiger partial charge in [0.25, 0.3) is 5.91 Å². The quantitative estimate of drug-likeness (QED) is 0.206. The van der Waals surface area contributed by atoms with E-state index in [1.54, 1.807) is 7.05 Å². The molecule has 12 heteroatoms. The van der Waals surface area contributed by atoms with Crippen LogP contribution < -0.4 is 5.73 Å². The number of methoxy groups -OCH3 is 1. The third kappa shape index (κ3) is 4.17. The minimum Gasteiger partial charge on any atom is -0.448 e. The maximum atomic E-state index is 13.8. The van der Waals surface area contributed by atoms with E-state index in [4.69, 9.17) is 19.9 Å². The van der Waals surface area contributed by atoms with Crippen molar-refractivity contribution in [2.24, 2.45) is 12.8 Å². The van der Waals surface area contributed by atoms with Crippen molar-refractivity contribution in [3.63, 3.8) is 0 Å². The number of amides is 1. The summed E-state index contributed by atoms with van der Waals surface area (Å²) in [5.74, 6) is -0.958. The number of tetrazole rings is 1. The second-order valence-corrected chi connectivity index (χ2v) is 9.21. The summed E-state index contributed by atoms with van der Waals surface area (Å²) in [6.07, 6.45) is -1.64. The van der Waals surface area contributed by atoms with Gasteiger partial charge in [0.15, 0.2) is 12.3 Å². The molecule has 2 aliphatic rings. The van der Waals surface area contributed by atoms with Crippen LogP contribution in [0, 0.1) is 0 Å². The fourth-order valence-electron chi connectivity index (χ4n) is 4.14. The molecule has 3 heterocycles. The van der Waals surface area contributed by atoms with Gasteiger partial charge < -0.3 is 14.2 Å². The Labute approximate surface area is 211 Å². The van der Waals surface area contributed by atoms with Gasteiger partial charge in [0.05, 0.1) is 6.61 Å². The zero-order valence-electron chi connectivity index (χ0n) is 19.6. The summed E-state index contributed by atoms with van der Waals surface area (Å²) in [6, 6.07) is 18.8.